The fraction of sp³-hybridized carbons (Fsp3) is 0.433. The lowest BCUT2D eigenvalue weighted by Gasteiger charge is -2.18. The summed E-state index contributed by atoms with van der Waals surface area (Å²) in [7, 11) is 0. The average Bonchev–Trinajstić information content (AvgIpc) is 4.36. The van der Waals surface area contributed by atoms with E-state index in [0.29, 0.717) is 79.0 Å². The van der Waals surface area contributed by atoms with E-state index in [9.17, 15) is 19.2 Å². The molecule has 0 saturated carbocycles. The Hall–Kier alpha value is -6.58. The van der Waals surface area contributed by atoms with Crippen LogP contribution in [0.3, 0.4) is 0 Å². The standard InChI is InChI=1S/C60H70O14/c1-59(43-70-59)41-65-36-10-3-5-12-38-67-50-30-22-48(23-31-50)57(63)72-52-26-16-45(17-27-52)20-34-55(61)69-40-54(47-14-8-7-9-15-47)74-56(62)35-21-46-18-28-53(29-19-46)73-58(64)49-24-32-51(33-25-49)68-39-13-6-4-11-37-66-42-60(2)44-71-60/h7-9,14-19,22-33,54H,3-6,10-13,20-21,34-44H2,1-2H3. The van der Waals surface area contributed by atoms with Crippen LogP contribution in [-0.2, 0) is 50.9 Å². The number of epoxide rings is 2. The van der Waals surface area contributed by atoms with E-state index >= 15 is 0 Å². The Kier molecular flexibility index (Phi) is 21.4. The van der Waals surface area contributed by atoms with Crippen LogP contribution in [0, 0.1) is 0 Å². The van der Waals surface area contributed by atoms with Crippen molar-refractivity contribution < 1.29 is 66.5 Å². The monoisotopic (exact) mass is 1010 g/mol. The van der Waals surface area contributed by atoms with Gasteiger partial charge in [-0.2, -0.15) is 0 Å². The summed E-state index contributed by atoms with van der Waals surface area (Å²) < 4.78 is 56.3. The lowest BCUT2D eigenvalue weighted by Crippen LogP contribution is -2.19. The fourth-order valence-corrected chi connectivity index (χ4v) is 7.66. The van der Waals surface area contributed by atoms with Crippen LogP contribution < -0.4 is 18.9 Å². The van der Waals surface area contributed by atoms with Crippen molar-refractivity contribution in [2.45, 2.75) is 108 Å². The van der Waals surface area contributed by atoms with Crippen molar-refractivity contribution in [1.29, 1.82) is 0 Å². The van der Waals surface area contributed by atoms with Crippen molar-refractivity contribution in [2.24, 2.45) is 0 Å². The molecule has 2 saturated heterocycles. The molecule has 7 rings (SSSR count). The minimum absolute atomic E-state index is 0.0608. The summed E-state index contributed by atoms with van der Waals surface area (Å²) in [6.45, 7) is 9.54. The van der Waals surface area contributed by atoms with Crippen LogP contribution in [0.5, 0.6) is 23.0 Å². The van der Waals surface area contributed by atoms with Crippen molar-refractivity contribution in [3.63, 3.8) is 0 Å². The van der Waals surface area contributed by atoms with Crippen LogP contribution in [0.4, 0.5) is 0 Å². The predicted molar refractivity (Wildman–Crippen MR) is 277 cm³/mol. The van der Waals surface area contributed by atoms with Gasteiger partial charge in [0, 0.05) is 26.1 Å². The highest BCUT2D eigenvalue weighted by Crippen LogP contribution is 2.27. The van der Waals surface area contributed by atoms with E-state index in [1.165, 1.54) is 0 Å². The summed E-state index contributed by atoms with van der Waals surface area (Å²) in [4.78, 5) is 51.7. The predicted octanol–water partition coefficient (Wildman–Crippen LogP) is 11.0. The number of rotatable bonds is 34. The summed E-state index contributed by atoms with van der Waals surface area (Å²) >= 11 is 0. The first-order valence-corrected chi connectivity index (χ1v) is 25.9. The minimum Gasteiger partial charge on any atom is -0.494 e. The number of hydrogen-bond acceptors (Lipinski definition) is 14. The Morgan fingerprint density at radius 1 is 0.486 bits per heavy atom. The third-order valence-electron chi connectivity index (χ3n) is 12.5. The third kappa shape index (κ3) is 20.0. The molecule has 0 radical (unpaired) electrons. The van der Waals surface area contributed by atoms with Gasteiger partial charge in [0.2, 0.25) is 0 Å². The number of benzene rings is 5. The molecular weight excluding hydrogens is 945 g/mol. The smallest absolute Gasteiger partial charge is 0.343 e. The van der Waals surface area contributed by atoms with Gasteiger partial charge < -0.3 is 47.4 Å². The van der Waals surface area contributed by atoms with E-state index in [1.807, 2.05) is 30.3 Å². The lowest BCUT2D eigenvalue weighted by atomic mass is 10.1. The maximum atomic E-state index is 13.1. The van der Waals surface area contributed by atoms with E-state index in [0.717, 1.165) is 88.9 Å². The highest BCUT2D eigenvalue weighted by molar-refractivity contribution is 5.91. The molecule has 3 unspecified atom stereocenters. The van der Waals surface area contributed by atoms with Crippen LogP contribution in [0.1, 0.15) is 122 Å². The number of unbranched alkanes of at least 4 members (excludes halogenated alkanes) is 6. The Bertz CT molecular complexity index is 2480. The summed E-state index contributed by atoms with van der Waals surface area (Å²) in [5, 5.41) is 0. The summed E-state index contributed by atoms with van der Waals surface area (Å²) in [5.41, 5.74) is 3.08. The Labute approximate surface area is 434 Å². The molecule has 0 aromatic heterocycles. The quantitative estimate of drug-likeness (QED) is 0.0165. The molecule has 0 amide bonds. The second-order valence-corrected chi connectivity index (χ2v) is 19.3. The zero-order chi connectivity index (χ0) is 51.9. The van der Waals surface area contributed by atoms with E-state index < -0.39 is 30.0 Å². The van der Waals surface area contributed by atoms with Crippen molar-refractivity contribution in [3.05, 3.63) is 155 Å². The van der Waals surface area contributed by atoms with Crippen LogP contribution in [0.15, 0.2) is 127 Å². The number of hydrogen-bond donors (Lipinski definition) is 0. The highest BCUT2D eigenvalue weighted by atomic mass is 16.6. The van der Waals surface area contributed by atoms with Crippen molar-refractivity contribution >= 4 is 23.9 Å². The van der Waals surface area contributed by atoms with Crippen LogP contribution in [0.25, 0.3) is 0 Å². The first-order chi connectivity index (χ1) is 36.0. The minimum atomic E-state index is -0.798. The van der Waals surface area contributed by atoms with Gasteiger partial charge in [-0.15, -0.1) is 0 Å². The molecule has 74 heavy (non-hydrogen) atoms. The van der Waals surface area contributed by atoms with Gasteiger partial charge in [0.05, 0.1) is 50.8 Å². The van der Waals surface area contributed by atoms with Crippen molar-refractivity contribution in [2.75, 3.05) is 59.5 Å². The average molecular weight is 1020 g/mol. The van der Waals surface area contributed by atoms with Gasteiger partial charge in [0.1, 0.15) is 40.8 Å². The largest absolute Gasteiger partial charge is 0.494 e. The molecule has 0 bridgehead atoms. The second kappa shape index (κ2) is 28.8. The summed E-state index contributed by atoms with van der Waals surface area (Å²) in [5.74, 6) is 0.246. The van der Waals surface area contributed by atoms with Crippen molar-refractivity contribution in [1.82, 2.24) is 0 Å². The molecular formula is C60H70O14. The van der Waals surface area contributed by atoms with E-state index in [1.54, 1.807) is 97.1 Å². The van der Waals surface area contributed by atoms with Gasteiger partial charge in [-0.3, -0.25) is 9.59 Å². The summed E-state index contributed by atoms with van der Waals surface area (Å²) in [6.07, 6.45) is 8.29. The zero-order valence-corrected chi connectivity index (χ0v) is 42.8. The van der Waals surface area contributed by atoms with Crippen LogP contribution in [-0.4, -0.2) is 94.5 Å². The Balaban J connectivity index is 0.747. The first kappa shape index (κ1) is 55.2. The lowest BCUT2D eigenvalue weighted by molar-refractivity contribution is -0.159. The first-order valence-electron chi connectivity index (χ1n) is 25.9. The molecule has 5 aromatic rings. The molecule has 2 aliphatic heterocycles. The molecule has 2 fully saturated rings. The maximum absolute atomic E-state index is 13.1. The Morgan fingerprint density at radius 3 is 1.32 bits per heavy atom. The van der Waals surface area contributed by atoms with Crippen LogP contribution in [0.2, 0.25) is 0 Å². The molecule has 3 atom stereocenters. The topological polar surface area (TPSA) is 167 Å². The van der Waals surface area contributed by atoms with Gasteiger partial charge in [0.25, 0.3) is 0 Å². The molecule has 0 spiro atoms. The SMILES string of the molecule is CC1(COCCCCCCOc2ccc(C(=O)Oc3ccc(CCC(=O)OCC(OC(=O)CCc4ccc(OC(=O)c5ccc(OCCCCCCOCC6(C)CO6)cc5)cc4)c4ccccc4)cc3)cc2)CO1. The summed E-state index contributed by atoms with van der Waals surface area (Å²) in [6, 6.07) is 36.8. The van der Waals surface area contributed by atoms with Gasteiger partial charge in [0.15, 0.2) is 6.10 Å². The van der Waals surface area contributed by atoms with Gasteiger partial charge in [-0.05, 0) is 155 Å². The molecule has 0 aliphatic carbocycles. The zero-order valence-electron chi connectivity index (χ0n) is 42.8. The number of ether oxygens (including phenoxy) is 10. The molecule has 5 aromatic carbocycles. The second-order valence-electron chi connectivity index (χ2n) is 19.3. The third-order valence-corrected chi connectivity index (χ3v) is 12.5. The van der Waals surface area contributed by atoms with E-state index in [-0.39, 0.29) is 30.7 Å². The number of carbonyl (C=O) groups is 4. The normalized spacial score (nSPS) is 16.9. The molecule has 2 aliphatic rings. The molecule has 394 valence electrons. The van der Waals surface area contributed by atoms with Crippen molar-refractivity contribution in [3.8, 4) is 23.0 Å². The number of esters is 4. The van der Waals surface area contributed by atoms with E-state index in [2.05, 4.69) is 13.8 Å². The fourth-order valence-electron chi connectivity index (χ4n) is 7.66. The molecule has 14 nitrogen and oxygen atoms in total. The molecule has 2 heterocycles. The molecule has 14 heteroatoms. The van der Waals surface area contributed by atoms with Gasteiger partial charge >= 0.3 is 23.9 Å². The van der Waals surface area contributed by atoms with Gasteiger partial charge in [-0.1, -0.05) is 67.4 Å². The highest BCUT2D eigenvalue weighted by Gasteiger charge is 2.40. The van der Waals surface area contributed by atoms with Crippen LogP contribution >= 0.6 is 0 Å². The van der Waals surface area contributed by atoms with E-state index in [4.69, 9.17) is 47.4 Å². The molecule has 0 N–H and O–H groups in total. The Morgan fingerprint density at radius 2 is 0.892 bits per heavy atom. The maximum Gasteiger partial charge on any atom is 0.343 e. The van der Waals surface area contributed by atoms with Gasteiger partial charge in [-0.25, -0.2) is 9.59 Å². The number of carbonyl (C=O) groups excluding carboxylic acids is 4. The number of aryl methyl sites for hydroxylation is 2.